The second-order valence-electron chi connectivity index (χ2n) is 5.45. The maximum absolute atomic E-state index is 12.2. The van der Waals surface area contributed by atoms with Gasteiger partial charge in [0.15, 0.2) is 6.61 Å². The van der Waals surface area contributed by atoms with E-state index in [0.717, 1.165) is 9.58 Å². The maximum atomic E-state index is 12.2. The molecule has 0 unspecified atom stereocenters. The van der Waals surface area contributed by atoms with E-state index in [4.69, 9.17) is 4.74 Å². The number of likely N-dealkylation sites (tertiary alicyclic amines) is 1. The van der Waals surface area contributed by atoms with Crippen molar-refractivity contribution in [2.45, 2.75) is 25.4 Å². The predicted octanol–water partition coefficient (Wildman–Crippen LogP) is -0.787. The Labute approximate surface area is 131 Å². The lowest BCUT2D eigenvalue weighted by molar-refractivity contribution is -0.134. The highest BCUT2D eigenvalue weighted by Crippen LogP contribution is 2.20. The molecule has 1 aromatic rings. The molecule has 0 spiro atoms. The Kier molecular flexibility index (Phi) is 4.09. The van der Waals surface area contributed by atoms with Crippen LogP contribution in [-0.4, -0.2) is 63.2 Å². The molecule has 2 fully saturated rings. The summed E-state index contributed by atoms with van der Waals surface area (Å²) in [6.45, 7) is 0.514. The van der Waals surface area contributed by atoms with Gasteiger partial charge in [-0.05, 0) is 18.9 Å². The smallest absolute Gasteiger partial charge is 0.417 e. The van der Waals surface area contributed by atoms with Crippen LogP contribution in [0.2, 0.25) is 0 Å². The predicted molar refractivity (Wildman–Crippen MR) is 76.3 cm³/mol. The van der Waals surface area contributed by atoms with Crippen molar-refractivity contribution in [3.8, 4) is 0 Å². The van der Waals surface area contributed by atoms with Crippen LogP contribution in [0, 0.1) is 0 Å². The normalized spacial score (nSPS) is 19.1. The summed E-state index contributed by atoms with van der Waals surface area (Å²) >= 11 is 0. The SMILES string of the molecule is O=C(Cn1ncccc1=O)N1CCC(N2C(=O)COC2=O)CC1. The molecule has 2 aliphatic heterocycles. The minimum absolute atomic E-state index is 0.116. The highest BCUT2D eigenvalue weighted by atomic mass is 16.6. The minimum atomic E-state index is -0.611. The average molecular weight is 320 g/mol. The van der Waals surface area contributed by atoms with E-state index in [1.165, 1.54) is 18.3 Å². The van der Waals surface area contributed by atoms with E-state index >= 15 is 0 Å². The van der Waals surface area contributed by atoms with Crippen LogP contribution in [0.4, 0.5) is 4.79 Å². The number of cyclic esters (lactones) is 1. The van der Waals surface area contributed by atoms with Crippen molar-refractivity contribution in [3.63, 3.8) is 0 Å². The molecule has 0 N–H and O–H groups in total. The van der Waals surface area contributed by atoms with Crippen molar-refractivity contribution in [1.82, 2.24) is 19.6 Å². The number of nitrogens with zero attached hydrogens (tertiary/aromatic N) is 4. The van der Waals surface area contributed by atoms with E-state index in [0.29, 0.717) is 25.9 Å². The van der Waals surface area contributed by atoms with Gasteiger partial charge < -0.3 is 9.64 Å². The lowest BCUT2D eigenvalue weighted by Crippen LogP contribution is -2.49. The van der Waals surface area contributed by atoms with Crippen LogP contribution in [0.25, 0.3) is 0 Å². The number of hydrogen-bond acceptors (Lipinski definition) is 6. The number of hydrogen-bond donors (Lipinski definition) is 0. The van der Waals surface area contributed by atoms with E-state index in [9.17, 15) is 19.2 Å². The molecule has 1 aromatic heterocycles. The summed E-state index contributed by atoms with van der Waals surface area (Å²) in [5, 5.41) is 3.85. The van der Waals surface area contributed by atoms with Gasteiger partial charge in [0.2, 0.25) is 5.91 Å². The summed E-state index contributed by atoms with van der Waals surface area (Å²) in [5.41, 5.74) is -0.332. The molecule has 9 heteroatoms. The fourth-order valence-electron chi connectivity index (χ4n) is 2.82. The largest absolute Gasteiger partial charge is 0.439 e. The molecule has 0 aromatic carbocycles. The zero-order valence-corrected chi connectivity index (χ0v) is 12.4. The third-order valence-corrected chi connectivity index (χ3v) is 4.04. The number of imide groups is 1. The first kappa shape index (κ1) is 15.2. The first-order chi connectivity index (χ1) is 11.1. The summed E-state index contributed by atoms with van der Waals surface area (Å²) in [6, 6.07) is 2.62. The highest BCUT2D eigenvalue weighted by Gasteiger charge is 2.38. The fourth-order valence-corrected chi connectivity index (χ4v) is 2.82. The molecular weight excluding hydrogens is 304 g/mol. The molecule has 0 aliphatic carbocycles. The van der Waals surface area contributed by atoms with Crippen molar-refractivity contribution < 1.29 is 19.1 Å². The van der Waals surface area contributed by atoms with E-state index in [-0.39, 0.29) is 36.6 Å². The van der Waals surface area contributed by atoms with Crippen LogP contribution in [0.15, 0.2) is 23.1 Å². The molecule has 0 bridgehead atoms. The van der Waals surface area contributed by atoms with Gasteiger partial charge in [-0.1, -0.05) is 0 Å². The Morgan fingerprint density at radius 1 is 1.26 bits per heavy atom. The number of piperidine rings is 1. The van der Waals surface area contributed by atoms with Crippen molar-refractivity contribution in [2.24, 2.45) is 0 Å². The van der Waals surface area contributed by atoms with Crippen LogP contribution in [0.5, 0.6) is 0 Å². The Bertz CT molecular complexity index is 676. The summed E-state index contributed by atoms with van der Waals surface area (Å²) in [7, 11) is 0. The van der Waals surface area contributed by atoms with Gasteiger partial charge in [-0.3, -0.25) is 14.4 Å². The van der Waals surface area contributed by atoms with Gasteiger partial charge in [0.05, 0.1) is 0 Å². The van der Waals surface area contributed by atoms with Crippen LogP contribution >= 0.6 is 0 Å². The van der Waals surface area contributed by atoms with Gasteiger partial charge in [-0.25, -0.2) is 14.4 Å². The lowest BCUT2D eigenvalue weighted by atomic mass is 10.0. The topological polar surface area (TPSA) is 102 Å². The minimum Gasteiger partial charge on any atom is -0.439 e. The Morgan fingerprint density at radius 3 is 2.61 bits per heavy atom. The molecule has 0 saturated carbocycles. The third-order valence-electron chi connectivity index (χ3n) is 4.04. The van der Waals surface area contributed by atoms with Crippen LogP contribution in [0.3, 0.4) is 0 Å². The van der Waals surface area contributed by atoms with Gasteiger partial charge in [-0.15, -0.1) is 0 Å². The Morgan fingerprint density at radius 2 is 2.00 bits per heavy atom. The number of aromatic nitrogens is 2. The Balaban J connectivity index is 1.57. The summed E-state index contributed by atoms with van der Waals surface area (Å²) in [4.78, 5) is 49.7. The summed E-state index contributed by atoms with van der Waals surface area (Å²) < 4.78 is 5.81. The standard InChI is InChI=1S/C14H16N4O5/c19-11-2-1-5-15-17(11)8-12(20)16-6-3-10(4-7-16)18-13(21)9-23-14(18)22/h1-2,5,10H,3-4,6-9H2. The summed E-state index contributed by atoms with van der Waals surface area (Å²) in [5.74, 6) is -0.542. The van der Waals surface area contributed by atoms with Gasteiger partial charge in [-0.2, -0.15) is 5.10 Å². The summed E-state index contributed by atoms with van der Waals surface area (Å²) in [6.07, 6.45) is 1.85. The fraction of sp³-hybridized carbons (Fsp3) is 0.500. The lowest BCUT2D eigenvalue weighted by Gasteiger charge is -2.34. The number of carbonyl (C=O) groups excluding carboxylic acids is 3. The average Bonchev–Trinajstić information content (AvgIpc) is 2.88. The molecule has 0 atom stereocenters. The second kappa shape index (κ2) is 6.19. The van der Waals surface area contributed by atoms with Crippen LogP contribution in [-0.2, 0) is 20.9 Å². The maximum Gasteiger partial charge on any atom is 0.417 e. The monoisotopic (exact) mass is 320 g/mol. The van der Waals surface area contributed by atoms with E-state index < -0.39 is 6.09 Å². The second-order valence-corrected chi connectivity index (χ2v) is 5.45. The van der Waals surface area contributed by atoms with Gasteiger partial charge >= 0.3 is 6.09 Å². The molecule has 3 amide bonds. The van der Waals surface area contributed by atoms with Gasteiger partial charge in [0, 0.05) is 31.4 Å². The molecule has 0 radical (unpaired) electrons. The zero-order chi connectivity index (χ0) is 16.4. The Hall–Kier alpha value is -2.71. The molecule has 122 valence electrons. The van der Waals surface area contributed by atoms with E-state index in [1.54, 1.807) is 4.90 Å². The number of rotatable bonds is 3. The van der Waals surface area contributed by atoms with Crippen molar-refractivity contribution >= 4 is 17.9 Å². The van der Waals surface area contributed by atoms with E-state index in [1.807, 2.05) is 0 Å². The van der Waals surface area contributed by atoms with Crippen molar-refractivity contribution in [3.05, 3.63) is 28.7 Å². The van der Waals surface area contributed by atoms with E-state index in [2.05, 4.69) is 5.10 Å². The molecule has 9 nitrogen and oxygen atoms in total. The third kappa shape index (κ3) is 3.08. The zero-order valence-electron chi connectivity index (χ0n) is 12.4. The van der Waals surface area contributed by atoms with Gasteiger partial charge in [0.25, 0.3) is 11.5 Å². The quantitative estimate of drug-likeness (QED) is 0.723. The van der Waals surface area contributed by atoms with Gasteiger partial charge in [0.1, 0.15) is 6.54 Å². The number of carbonyl (C=O) groups is 3. The van der Waals surface area contributed by atoms with Crippen molar-refractivity contribution in [2.75, 3.05) is 19.7 Å². The molecule has 3 heterocycles. The molecule has 2 saturated heterocycles. The molecule has 3 rings (SSSR count). The van der Waals surface area contributed by atoms with Crippen LogP contribution in [0.1, 0.15) is 12.8 Å². The number of ether oxygens (including phenoxy) is 1. The number of amides is 3. The molecular formula is C14H16N4O5. The van der Waals surface area contributed by atoms with Crippen LogP contribution < -0.4 is 5.56 Å². The van der Waals surface area contributed by atoms with Crippen molar-refractivity contribution in [1.29, 1.82) is 0 Å². The molecule has 23 heavy (non-hydrogen) atoms. The first-order valence-corrected chi connectivity index (χ1v) is 7.35. The molecule has 2 aliphatic rings. The highest BCUT2D eigenvalue weighted by molar-refractivity contribution is 5.98. The first-order valence-electron chi connectivity index (χ1n) is 7.35.